The van der Waals surface area contributed by atoms with Gasteiger partial charge in [0.2, 0.25) is 5.91 Å². The summed E-state index contributed by atoms with van der Waals surface area (Å²) < 4.78 is 0. The monoisotopic (exact) mass is 330 g/mol. The maximum absolute atomic E-state index is 12.4. The SMILES string of the molecule is CCSc1ccc(C(=O)C(C#N)C(=O)NC2CCCCC2)cc1. The van der Waals surface area contributed by atoms with Crippen LogP contribution in [0, 0.1) is 17.2 Å². The van der Waals surface area contributed by atoms with Gasteiger partial charge in [-0.1, -0.05) is 38.3 Å². The van der Waals surface area contributed by atoms with Crippen LogP contribution in [0.5, 0.6) is 0 Å². The number of Topliss-reactive ketones (excluding diaryl/α,β-unsaturated/α-hetero) is 1. The van der Waals surface area contributed by atoms with Gasteiger partial charge in [-0.2, -0.15) is 5.26 Å². The fourth-order valence-corrected chi connectivity index (χ4v) is 3.48. The summed E-state index contributed by atoms with van der Waals surface area (Å²) in [6, 6.07) is 9.06. The molecule has 1 amide bonds. The van der Waals surface area contributed by atoms with Gasteiger partial charge in [-0.25, -0.2) is 0 Å². The summed E-state index contributed by atoms with van der Waals surface area (Å²) in [6.07, 6.45) is 5.23. The summed E-state index contributed by atoms with van der Waals surface area (Å²) in [4.78, 5) is 25.8. The minimum atomic E-state index is -1.26. The zero-order valence-electron chi connectivity index (χ0n) is 13.4. The zero-order chi connectivity index (χ0) is 16.7. The van der Waals surface area contributed by atoms with E-state index < -0.39 is 17.6 Å². The van der Waals surface area contributed by atoms with Crippen molar-refractivity contribution >= 4 is 23.5 Å². The average molecular weight is 330 g/mol. The number of hydrogen-bond donors (Lipinski definition) is 1. The van der Waals surface area contributed by atoms with E-state index in [1.165, 1.54) is 6.42 Å². The Kier molecular flexibility index (Phi) is 6.66. The number of nitriles is 1. The highest BCUT2D eigenvalue weighted by Crippen LogP contribution is 2.20. The number of carbonyl (C=O) groups excluding carboxylic acids is 2. The number of carbonyl (C=O) groups is 2. The molecular weight excluding hydrogens is 308 g/mol. The molecule has 0 aliphatic heterocycles. The third kappa shape index (κ3) is 4.84. The molecule has 1 atom stereocenters. The van der Waals surface area contributed by atoms with Gasteiger partial charge in [0.1, 0.15) is 0 Å². The van der Waals surface area contributed by atoms with Gasteiger partial charge in [0.25, 0.3) is 0 Å². The van der Waals surface area contributed by atoms with E-state index in [1.807, 2.05) is 18.2 Å². The van der Waals surface area contributed by atoms with Gasteiger partial charge >= 0.3 is 0 Å². The van der Waals surface area contributed by atoms with Crippen LogP contribution < -0.4 is 5.32 Å². The van der Waals surface area contributed by atoms with E-state index in [-0.39, 0.29) is 6.04 Å². The normalized spacial score (nSPS) is 16.3. The van der Waals surface area contributed by atoms with Crippen molar-refractivity contribution in [3.05, 3.63) is 29.8 Å². The highest BCUT2D eigenvalue weighted by Gasteiger charge is 2.29. The van der Waals surface area contributed by atoms with Crippen molar-refractivity contribution in [3.63, 3.8) is 0 Å². The summed E-state index contributed by atoms with van der Waals surface area (Å²) in [6.45, 7) is 2.06. The first kappa shape index (κ1) is 17.6. The van der Waals surface area contributed by atoms with Crippen LogP contribution in [-0.4, -0.2) is 23.5 Å². The third-order valence-electron chi connectivity index (χ3n) is 4.05. The smallest absolute Gasteiger partial charge is 0.245 e. The molecule has 1 aliphatic rings. The molecule has 4 nitrogen and oxygen atoms in total. The van der Waals surface area contributed by atoms with Crippen molar-refractivity contribution in [2.24, 2.45) is 5.92 Å². The lowest BCUT2D eigenvalue weighted by molar-refractivity contribution is -0.123. The number of amides is 1. The van der Waals surface area contributed by atoms with Crippen LogP contribution in [-0.2, 0) is 4.79 Å². The topological polar surface area (TPSA) is 70.0 Å². The van der Waals surface area contributed by atoms with Crippen LogP contribution >= 0.6 is 11.8 Å². The minimum absolute atomic E-state index is 0.100. The van der Waals surface area contributed by atoms with E-state index in [0.717, 1.165) is 36.3 Å². The van der Waals surface area contributed by atoms with E-state index in [9.17, 15) is 14.9 Å². The first-order valence-electron chi connectivity index (χ1n) is 8.12. The van der Waals surface area contributed by atoms with E-state index in [0.29, 0.717) is 5.56 Å². The van der Waals surface area contributed by atoms with Crippen LogP contribution in [0.4, 0.5) is 0 Å². The molecular formula is C18H22N2O2S. The Morgan fingerprint density at radius 1 is 1.26 bits per heavy atom. The summed E-state index contributed by atoms with van der Waals surface area (Å²) in [5.41, 5.74) is 0.413. The molecule has 1 N–H and O–H groups in total. The Morgan fingerprint density at radius 2 is 1.91 bits per heavy atom. The molecule has 0 heterocycles. The number of ketones is 1. The molecule has 1 aromatic rings. The summed E-state index contributed by atoms with van der Waals surface area (Å²) >= 11 is 1.68. The molecule has 0 saturated heterocycles. The van der Waals surface area contributed by atoms with Gasteiger partial charge < -0.3 is 5.32 Å². The summed E-state index contributed by atoms with van der Waals surface area (Å²) in [5.74, 6) is -1.19. The lowest BCUT2D eigenvalue weighted by Crippen LogP contribution is -2.42. The van der Waals surface area contributed by atoms with Crippen molar-refractivity contribution in [2.45, 2.75) is 50.0 Å². The highest BCUT2D eigenvalue weighted by atomic mass is 32.2. The van der Waals surface area contributed by atoms with Crippen LogP contribution in [0.25, 0.3) is 0 Å². The summed E-state index contributed by atoms with van der Waals surface area (Å²) in [7, 11) is 0. The quantitative estimate of drug-likeness (QED) is 0.492. The number of nitrogens with zero attached hydrogens (tertiary/aromatic N) is 1. The highest BCUT2D eigenvalue weighted by molar-refractivity contribution is 7.99. The van der Waals surface area contributed by atoms with Gasteiger partial charge in [-0.15, -0.1) is 11.8 Å². The molecule has 23 heavy (non-hydrogen) atoms. The molecule has 2 rings (SSSR count). The summed E-state index contributed by atoms with van der Waals surface area (Å²) in [5, 5.41) is 12.1. The molecule has 122 valence electrons. The Labute approximate surface area is 141 Å². The molecule has 1 saturated carbocycles. The number of thioether (sulfide) groups is 1. The zero-order valence-corrected chi connectivity index (χ0v) is 14.2. The first-order valence-corrected chi connectivity index (χ1v) is 9.11. The van der Waals surface area contributed by atoms with Gasteiger partial charge in [-0.3, -0.25) is 9.59 Å². The molecule has 0 spiro atoms. The predicted molar refractivity (Wildman–Crippen MR) is 91.3 cm³/mol. The number of rotatable bonds is 6. The predicted octanol–water partition coefficient (Wildman–Crippen LogP) is 3.57. The van der Waals surface area contributed by atoms with Crippen molar-refractivity contribution in [1.82, 2.24) is 5.32 Å². The van der Waals surface area contributed by atoms with Crippen LogP contribution in [0.15, 0.2) is 29.2 Å². The van der Waals surface area contributed by atoms with E-state index >= 15 is 0 Å². The Hall–Kier alpha value is -1.80. The van der Waals surface area contributed by atoms with Crippen molar-refractivity contribution < 1.29 is 9.59 Å². The van der Waals surface area contributed by atoms with Gasteiger partial charge in [0.05, 0.1) is 6.07 Å². The minimum Gasteiger partial charge on any atom is -0.352 e. The van der Waals surface area contributed by atoms with Crippen molar-refractivity contribution in [2.75, 3.05) is 5.75 Å². The average Bonchev–Trinajstić information content (AvgIpc) is 2.57. The molecule has 1 aromatic carbocycles. The lowest BCUT2D eigenvalue weighted by atomic mass is 9.93. The van der Waals surface area contributed by atoms with Crippen LogP contribution in [0.2, 0.25) is 0 Å². The van der Waals surface area contributed by atoms with Gasteiger partial charge in [0, 0.05) is 16.5 Å². The molecule has 0 aromatic heterocycles. The largest absolute Gasteiger partial charge is 0.352 e. The van der Waals surface area contributed by atoms with Gasteiger partial charge in [-0.05, 0) is 30.7 Å². The van der Waals surface area contributed by atoms with E-state index in [2.05, 4.69) is 12.2 Å². The second kappa shape index (κ2) is 8.73. The number of nitrogens with one attached hydrogen (secondary N) is 1. The lowest BCUT2D eigenvalue weighted by Gasteiger charge is -2.23. The third-order valence-corrected chi connectivity index (χ3v) is 4.95. The van der Waals surface area contributed by atoms with Crippen molar-refractivity contribution in [1.29, 1.82) is 5.26 Å². The first-order chi connectivity index (χ1) is 11.2. The van der Waals surface area contributed by atoms with Crippen LogP contribution in [0.1, 0.15) is 49.4 Å². The molecule has 0 radical (unpaired) electrons. The molecule has 5 heteroatoms. The molecule has 1 unspecified atom stereocenters. The Morgan fingerprint density at radius 3 is 2.48 bits per heavy atom. The number of benzene rings is 1. The second-order valence-electron chi connectivity index (χ2n) is 5.73. The van der Waals surface area contributed by atoms with E-state index in [1.54, 1.807) is 23.9 Å². The number of hydrogen-bond acceptors (Lipinski definition) is 4. The molecule has 0 bridgehead atoms. The second-order valence-corrected chi connectivity index (χ2v) is 7.06. The maximum Gasteiger partial charge on any atom is 0.245 e. The van der Waals surface area contributed by atoms with Crippen molar-refractivity contribution in [3.8, 4) is 6.07 Å². The maximum atomic E-state index is 12.4. The Bertz CT molecular complexity index is 586. The standard InChI is InChI=1S/C18H22N2O2S/c1-2-23-15-10-8-13(9-11-15)17(21)16(12-19)18(22)20-14-6-4-3-5-7-14/h8-11,14,16H,2-7H2,1H3,(H,20,22). The molecule has 1 fully saturated rings. The van der Waals surface area contributed by atoms with Crippen LogP contribution in [0.3, 0.4) is 0 Å². The van der Waals surface area contributed by atoms with E-state index in [4.69, 9.17) is 0 Å². The van der Waals surface area contributed by atoms with Gasteiger partial charge in [0.15, 0.2) is 11.7 Å². The fourth-order valence-electron chi connectivity index (χ4n) is 2.82. The Balaban J connectivity index is 2.02. The molecule has 1 aliphatic carbocycles. The fraction of sp³-hybridized carbons (Fsp3) is 0.500.